The first kappa shape index (κ1) is 87.3. The largest absolute Gasteiger partial charge is 0.309 e. The Balaban J connectivity index is 0.000000108. The molecule has 0 spiro atoms. The zero-order chi connectivity index (χ0) is 99.1. The Morgan fingerprint density at radius 3 is 0.773 bits per heavy atom. The molecule has 0 N–H and O–H groups in total. The highest BCUT2D eigenvalue weighted by Crippen LogP contribution is 2.46. The molecule has 15 nitrogen and oxygen atoms in total. The van der Waals surface area contributed by atoms with Crippen molar-refractivity contribution in [2.45, 2.75) is 0 Å². The van der Waals surface area contributed by atoms with E-state index in [0.29, 0.717) is 0 Å². The maximum absolute atomic E-state index is 5.29. The number of benzene rings is 15. The summed E-state index contributed by atoms with van der Waals surface area (Å²) < 4.78 is 13.8. The molecule has 702 valence electrons. The molecule has 0 saturated carbocycles. The summed E-state index contributed by atoms with van der Waals surface area (Å²) in [5.41, 5.74) is 36.5. The van der Waals surface area contributed by atoms with Gasteiger partial charge in [-0.05, 0) is 246 Å². The lowest BCUT2D eigenvalue weighted by atomic mass is 10.0. The fourth-order valence-corrected chi connectivity index (χ4v) is 22.0. The van der Waals surface area contributed by atoms with Crippen molar-refractivity contribution < 1.29 is 0 Å². The number of hydrogen-bond donors (Lipinski definition) is 0. The van der Waals surface area contributed by atoms with Crippen LogP contribution in [-0.4, -0.2) is 72.3 Å². The third-order valence-corrected chi connectivity index (χ3v) is 28.8. The SMILES string of the molecule is c1ccc(-c2cc(-c3ccccc3)nc(-n3c4ccccc4c4cc(-c5cnc6c(c5)c5ccccc5n6-c5ccccc5)ccc43)c2)cc1.c1ccc(-n2c3ccccc3c3cc(-c4ccc5c(c4)c4ccccc4n5-c4cc(-c5ccccn5)cc(-c5ccccn5)c4)cnc32)cc1.c1ccc(-n2c3ccccc3c3cc(-c4ccc5c(c4)c4ccccc4n5-c4cc(-c5ccccn5)nc(-c5ccccn5)c4)cnc32)cc1. The second kappa shape index (κ2) is 37.0. The molecule has 0 aliphatic rings. The van der Waals surface area contributed by atoms with Crippen LogP contribution >= 0.6 is 0 Å². The van der Waals surface area contributed by atoms with E-state index in [2.05, 4.69) is 438 Å². The van der Waals surface area contributed by atoms with E-state index in [9.17, 15) is 0 Å². The van der Waals surface area contributed by atoms with Gasteiger partial charge in [0.25, 0.3) is 0 Å². The molecule has 0 radical (unpaired) electrons. The molecule has 0 aliphatic carbocycles. The Morgan fingerprint density at radius 1 is 0.127 bits per heavy atom. The second-order valence-corrected chi connectivity index (χ2v) is 37.7. The fourth-order valence-electron chi connectivity index (χ4n) is 22.0. The average Bonchev–Trinajstić information content (AvgIpc) is 1.64. The van der Waals surface area contributed by atoms with Gasteiger partial charge < -0.3 is 9.13 Å². The normalized spacial score (nSPS) is 11.6. The number of rotatable bonds is 15. The minimum absolute atomic E-state index is 0.792. The van der Waals surface area contributed by atoms with Gasteiger partial charge in [0.1, 0.15) is 22.8 Å². The first-order chi connectivity index (χ1) is 74.4. The lowest BCUT2D eigenvalue weighted by molar-refractivity contribution is 1.08. The summed E-state index contributed by atoms with van der Waals surface area (Å²) in [6.07, 6.45) is 13.3. The van der Waals surface area contributed by atoms with Crippen molar-refractivity contribution in [1.29, 1.82) is 0 Å². The van der Waals surface area contributed by atoms with Crippen LogP contribution in [-0.2, 0) is 0 Å². The van der Waals surface area contributed by atoms with Crippen molar-refractivity contribution in [3.8, 4) is 135 Å². The number of aromatic nitrogens is 15. The van der Waals surface area contributed by atoms with Crippen molar-refractivity contribution in [1.82, 2.24) is 72.3 Å². The summed E-state index contributed by atoms with van der Waals surface area (Å²) in [6.45, 7) is 0. The molecule has 0 unspecified atom stereocenters. The lowest BCUT2D eigenvalue weighted by Gasteiger charge is -2.13. The van der Waals surface area contributed by atoms with Gasteiger partial charge in [0, 0.05) is 164 Å². The van der Waals surface area contributed by atoms with Gasteiger partial charge in [-0.3, -0.25) is 38.2 Å². The third kappa shape index (κ3) is 15.4. The summed E-state index contributed by atoms with van der Waals surface area (Å²) in [6, 6.07) is 170. The highest BCUT2D eigenvalue weighted by atomic mass is 15.1. The topological polar surface area (TPSA) is 146 Å². The molecule has 150 heavy (non-hydrogen) atoms. The van der Waals surface area contributed by atoms with Gasteiger partial charge >= 0.3 is 0 Å². The Hall–Kier alpha value is -20.6. The molecule has 15 heterocycles. The number of nitrogens with zero attached hydrogens (tertiary/aromatic N) is 15. The standard InChI is InChI=1S/C46H30N4.C45H29N5.C44H28N6/c1-4-14-31(15-5-1)34-28-41(32-16-6-2-7-17-32)48-45(29-34)50-43-23-13-10-20-37(43)39-26-33(24-25-44(39)50)35-27-40-38-21-11-12-22-42(38)49(46(40)47-30-35)36-18-8-3-9-19-36;1-2-12-34(13-3-1)50-43-19-7-5-15-37(43)39-28-33(29-48-45(39)50)30-20-21-44-38(27-30)36-14-4-6-18-42(36)49(44)35-25-31(40-16-8-10-22-46-40)24-32(26-35)41-17-9-11-23-47-41;1-2-12-31(13-3-1)50-42-19-7-5-15-34(42)36-25-30(28-47-44(36)50)29-20-21-43-35(24-29)33-14-4-6-18-41(33)49(43)32-26-39(37-16-8-10-22-45-37)48-40(27-32)38-17-9-11-23-46-38/h1-30H;1-29H;1-28H. The third-order valence-electron chi connectivity index (χ3n) is 28.8. The molecule has 0 amide bonds. The zero-order valence-corrected chi connectivity index (χ0v) is 80.9. The summed E-state index contributed by atoms with van der Waals surface area (Å²) in [5.74, 6) is 0.890. The Kier molecular flexibility index (Phi) is 21.5. The molecular formula is C135H87N15. The van der Waals surface area contributed by atoms with Crippen molar-refractivity contribution in [2.75, 3.05) is 0 Å². The molecule has 15 aromatic carbocycles. The van der Waals surface area contributed by atoms with Crippen molar-refractivity contribution >= 4 is 131 Å². The number of fused-ring (bicyclic) bond motifs is 18. The van der Waals surface area contributed by atoms with E-state index < -0.39 is 0 Å². The molecular weight excluding hydrogens is 1830 g/mol. The minimum atomic E-state index is 0.792. The number of pyridine rings is 9. The highest BCUT2D eigenvalue weighted by Gasteiger charge is 2.26. The second-order valence-electron chi connectivity index (χ2n) is 37.7. The molecule has 0 aliphatic heterocycles. The first-order valence-electron chi connectivity index (χ1n) is 50.3. The van der Waals surface area contributed by atoms with Crippen molar-refractivity contribution in [2.24, 2.45) is 0 Å². The van der Waals surface area contributed by atoms with Crippen LogP contribution in [0.2, 0.25) is 0 Å². The number of para-hydroxylation sites is 9. The Morgan fingerprint density at radius 2 is 0.413 bits per heavy atom. The average molecular weight is 1920 g/mol. The van der Waals surface area contributed by atoms with Crippen LogP contribution < -0.4 is 0 Å². The van der Waals surface area contributed by atoms with E-state index in [4.69, 9.17) is 34.9 Å². The van der Waals surface area contributed by atoms with E-state index >= 15 is 0 Å². The van der Waals surface area contributed by atoms with Crippen LogP contribution in [0.5, 0.6) is 0 Å². The Bertz CT molecular complexity index is 9330. The Labute approximate surface area is 861 Å². The first-order valence-corrected chi connectivity index (χ1v) is 50.3. The fraction of sp³-hybridized carbons (Fsp3) is 0. The van der Waals surface area contributed by atoms with Crippen LogP contribution in [0.4, 0.5) is 0 Å². The van der Waals surface area contributed by atoms with E-state index in [1.165, 1.54) is 48.5 Å². The van der Waals surface area contributed by atoms with Gasteiger partial charge in [-0.15, -0.1) is 0 Å². The van der Waals surface area contributed by atoms with Crippen molar-refractivity contribution in [3.63, 3.8) is 0 Å². The van der Waals surface area contributed by atoms with Crippen LogP contribution in [0.25, 0.3) is 267 Å². The van der Waals surface area contributed by atoms with E-state index in [1.54, 1.807) is 12.4 Å². The molecule has 30 rings (SSSR count). The van der Waals surface area contributed by atoms with E-state index in [0.717, 1.165) is 218 Å². The lowest BCUT2D eigenvalue weighted by Crippen LogP contribution is -2.00. The highest BCUT2D eigenvalue weighted by molar-refractivity contribution is 6.17. The molecule has 0 atom stereocenters. The van der Waals surface area contributed by atoms with Crippen LogP contribution in [0.3, 0.4) is 0 Å². The summed E-state index contributed by atoms with van der Waals surface area (Å²) in [5, 5.41) is 14.1. The van der Waals surface area contributed by atoms with Crippen LogP contribution in [0.15, 0.2) is 529 Å². The molecule has 0 saturated heterocycles. The molecule has 0 bridgehead atoms. The molecule has 0 fully saturated rings. The van der Waals surface area contributed by atoms with Gasteiger partial charge in [0.15, 0.2) is 0 Å². The summed E-state index contributed by atoms with van der Waals surface area (Å²) in [7, 11) is 0. The molecule has 30 aromatic rings. The van der Waals surface area contributed by atoms with Crippen LogP contribution in [0, 0.1) is 0 Å². The quantitative estimate of drug-likeness (QED) is 0.0979. The van der Waals surface area contributed by atoms with Gasteiger partial charge in [-0.25, -0.2) is 24.9 Å². The monoisotopic (exact) mass is 1920 g/mol. The predicted molar refractivity (Wildman–Crippen MR) is 614 cm³/mol. The van der Waals surface area contributed by atoms with Crippen LogP contribution in [0.1, 0.15) is 0 Å². The zero-order valence-electron chi connectivity index (χ0n) is 80.9. The smallest absolute Gasteiger partial charge is 0.145 e. The van der Waals surface area contributed by atoms with Gasteiger partial charge in [0.05, 0.1) is 95.2 Å². The maximum atomic E-state index is 5.29. The number of hydrogen-bond acceptors (Lipinski definition) is 9. The molecule has 15 heteroatoms. The summed E-state index contributed by atoms with van der Waals surface area (Å²) >= 11 is 0. The van der Waals surface area contributed by atoms with E-state index in [1.807, 2.05) is 116 Å². The van der Waals surface area contributed by atoms with Gasteiger partial charge in [-0.1, -0.05) is 267 Å². The minimum Gasteiger partial charge on any atom is -0.309 e. The summed E-state index contributed by atoms with van der Waals surface area (Å²) in [4.78, 5) is 44.2. The van der Waals surface area contributed by atoms with Gasteiger partial charge in [0.2, 0.25) is 0 Å². The predicted octanol–water partition coefficient (Wildman–Crippen LogP) is 33.2. The maximum Gasteiger partial charge on any atom is 0.145 e. The van der Waals surface area contributed by atoms with E-state index in [-0.39, 0.29) is 0 Å². The molecule has 15 aromatic heterocycles. The van der Waals surface area contributed by atoms with Crippen molar-refractivity contribution in [3.05, 3.63) is 529 Å². The van der Waals surface area contributed by atoms with Gasteiger partial charge in [-0.2, -0.15) is 0 Å².